The number of halogens is 1. The lowest BCUT2D eigenvalue weighted by Crippen LogP contribution is -2.01. The van der Waals surface area contributed by atoms with Crippen molar-refractivity contribution in [3.05, 3.63) is 16.7 Å². The predicted molar refractivity (Wildman–Crippen MR) is 49.6 cm³/mol. The van der Waals surface area contributed by atoms with E-state index in [4.69, 9.17) is 11.6 Å². The Morgan fingerprint density at radius 3 is 2.92 bits per heavy atom. The summed E-state index contributed by atoms with van der Waals surface area (Å²) >= 11 is 6.03. The number of hydrogen-bond acceptors (Lipinski definition) is 1. The van der Waals surface area contributed by atoms with E-state index in [0.717, 1.165) is 13.0 Å². The highest BCUT2D eigenvalue weighted by Crippen LogP contribution is 2.28. The van der Waals surface area contributed by atoms with E-state index in [1.807, 2.05) is 0 Å². The van der Waals surface area contributed by atoms with E-state index < -0.39 is 0 Å². The van der Waals surface area contributed by atoms with Crippen LogP contribution < -0.4 is 0 Å². The third kappa shape index (κ3) is 1.06. The molecule has 1 aliphatic rings. The molecule has 1 aromatic rings. The van der Waals surface area contributed by atoms with Crippen LogP contribution in [-0.4, -0.2) is 9.55 Å². The predicted octanol–water partition coefficient (Wildman–Crippen LogP) is 2.61. The van der Waals surface area contributed by atoms with Gasteiger partial charge in [0.05, 0.1) is 5.69 Å². The third-order valence-corrected chi connectivity index (χ3v) is 2.65. The number of fused-ring (bicyclic) bond motifs is 1. The first-order valence-electron chi connectivity index (χ1n) is 4.45. The van der Waals surface area contributed by atoms with Crippen LogP contribution in [0.25, 0.3) is 0 Å². The van der Waals surface area contributed by atoms with E-state index in [0.29, 0.717) is 11.1 Å². The van der Waals surface area contributed by atoms with Gasteiger partial charge in [-0.05, 0) is 12.3 Å². The number of aromatic nitrogens is 2. The van der Waals surface area contributed by atoms with Gasteiger partial charge in [0.15, 0.2) is 5.15 Å². The minimum atomic E-state index is 0.483. The quantitative estimate of drug-likeness (QED) is 0.656. The molecule has 0 amide bonds. The summed E-state index contributed by atoms with van der Waals surface area (Å²) in [5.74, 6) is 1.65. The fraction of sp³-hybridized carbons (Fsp3) is 0.667. The Hall–Kier alpha value is -0.500. The zero-order valence-electron chi connectivity index (χ0n) is 7.47. The maximum atomic E-state index is 6.03. The topological polar surface area (TPSA) is 17.8 Å². The zero-order chi connectivity index (χ0) is 8.72. The summed E-state index contributed by atoms with van der Waals surface area (Å²) < 4.78 is 2.27. The number of imidazole rings is 1. The molecule has 3 heteroatoms. The zero-order valence-corrected chi connectivity index (χ0v) is 8.23. The van der Waals surface area contributed by atoms with Gasteiger partial charge in [-0.25, -0.2) is 4.98 Å². The average Bonchev–Trinajstić information content (AvgIpc) is 2.44. The monoisotopic (exact) mass is 184 g/mol. The van der Waals surface area contributed by atoms with Crippen molar-refractivity contribution in [2.45, 2.75) is 39.2 Å². The molecule has 1 aromatic heterocycles. The van der Waals surface area contributed by atoms with Crippen molar-refractivity contribution < 1.29 is 0 Å². The standard InChI is InChI=1S/C9H13ClN2/c1-6(2)8-9(10)11-7-4-3-5-12(7)8/h6H,3-5H2,1-2H3. The SMILES string of the molecule is CC(C)c1c(Cl)nc2n1CCC2. The molecular formula is C9H13ClN2. The van der Waals surface area contributed by atoms with Crippen LogP contribution in [0.15, 0.2) is 0 Å². The van der Waals surface area contributed by atoms with Crippen molar-refractivity contribution in [2.24, 2.45) is 0 Å². The van der Waals surface area contributed by atoms with Crippen LogP contribution in [0.5, 0.6) is 0 Å². The Kier molecular flexibility index (Phi) is 1.87. The molecule has 0 unspecified atom stereocenters. The molecule has 0 spiro atoms. The number of aryl methyl sites for hydroxylation is 1. The van der Waals surface area contributed by atoms with E-state index in [-0.39, 0.29) is 0 Å². The van der Waals surface area contributed by atoms with Crippen molar-refractivity contribution in [3.8, 4) is 0 Å². The molecule has 2 heterocycles. The number of hydrogen-bond donors (Lipinski definition) is 0. The Bertz CT molecular complexity index is 302. The Morgan fingerprint density at radius 1 is 1.50 bits per heavy atom. The summed E-state index contributed by atoms with van der Waals surface area (Å²) in [5.41, 5.74) is 1.21. The molecule has 0 radical (unpaired) electrons. The fourth-order valence-electron chi connectivity index (χ4n) is 1.87. The lowest BCUT2D eigenvalue weighted by atomic mass is 10.1. The molecule has 2 nitrogen and oxygen atoms in total. The maximum Gasteiger partial charge on any atom is 0.150 e. The molecule has 0 aliphatic carbocycles. The molecule has 12 heavy (non-hydrogen) atoms. The Morgan fingerprint density at radius 2 is 2.25 bits per heavy atom. The van der Waals surface area contributed by atoms with Gasteiger partial charge in [0.25, 0.3) is 0 Å². The summed E-state index contributed by atoms with van der Waals surface area (Å²) in [6, 6.07) is 0. The highest BCUT2D eigenvalue weighted by molar-refractivity contribution is 6.30. The van der Waals surface area contributed by atoms with Gasteiger partial charge < -0.3 is 4.57 Å². The van der Waals surface area contributed by atoms with Crippen molar-refractivity contribution in [1.29, 1.82) is 0 Å². The Labute approximate surface area is 77.6 Å². The average molecular weight is 185 g/mol. The summed E-state index contributed by atoms with van der Waals surface area (Å²) in [6.07, 6.45) is 2.31. The van der Waals surface area contributed by atoms with E-state index in [1.165, 1.54) is 17.9 Å². The summed E-state index contributed by atoms with van der Waals surface area (Å²) in [6.45, 7) is 5.42. The number of rotatable bonds is 1. The van der Waals surface area contributed by atoms with Crippen LogP contribution in [0.2, 0.25) is 5.15 Å². The van der Waals surface area contributed by atoms with Crippen molar-refractivity contribution in [1.82, 2.24) is 9.55 Å². The van der Waals surface area contributed by atoms with Crippen molar-refractivity contribution in [2.75, 3.05) is 0 Å². The normalized spacial score (nSPS) is 15.7. The largest absolute Gasteiger partial charge is 0.330 e. The first-order chi connectivity index (χ1) is 5.70. The van der Waals surface area contributed by atoms with Crippen LogP contribution in [-0.2, 0) is 13.0 Å². The van der Waals surface area contributed by atoms with Crippen molar-refractivity contribution in [3.63, 3.8) is 0 Å². The molecule has 0 aromatic carbocycles. The van der Waals surface area contributed by atoms with Crippen LogP contribution in [0.4, 0.5) is 0 Å². The van der Waals surface area contributed by atoms with Gasteiger partial charge in [0, 0.05) is 13.0 Å². The molecule has 0 bridgehead atoms. The lowest BCUT2D eigenvalue weighted by Gasteiger charge is -2.07. The minimum absolute atomic E-state index is 0.483. The molecule has 0 N–H and O–H groups in total. The smallest absolute Gasteiger partial charge is 0.150 e. The molecule has 1 aliphatic heterocycles. The lowest BCUT2D eigenvalue weighted by molar-refractivity contribution is 0.670. The molecule has 0 fully saturated rings. The van der Waals surface area contributed by atoms with Gasteiger partial charge in [-0.1, -0.05) is 25.4 Å². The molecular weight excluding hydrogens is 172 g/mol. The highest BCUT2D eigenvalue weighted by Gasteiger charge is 2.21. The second kappa shape index (κ2) is 2.77. The van der Waals surface area contributed by atoms with Gasteiger partial charge in [-0.15, -0.1) is 0 Å². The van der Waals surface area contributed by atoms with E-state index in [1.54, 1.807) is 0 Å². The highest BCUT2D eigenvalue weighted by atomic mass is 35.5. The molecule has 66 valence electrons. The van der Waals surface area contributed by atoms with Gasteiger partial charge in [-0.3, -0.25) is 0 Å². The van der Waals surface area contributed by atoms with Gasteiger partial charge in [-0.2, -0.15) is 0 Å². The molecule has 2 rings (SSSR count). The fourth-order valence-corrected chi connectivity index (χ4v) is 2.28. The summed E-state index contributed by atoms with van der Waals surface area (Å²) in [7, 11) is 0. The minimum Gasteiger partial charge on any atom is -0.330 e. The van der Waals surface area contributed by atoms with E-state index in [2.05, 4.69) is 23.4 Å². The molecule has 0 saturated carbocycles. The van der Waals surface area contributed by atoms with E-state index >= 15 is 0 Å². The second-order valence-corrected chi connectivity index (χ2v) is 3.97. The first kappa shape index (κ1) is 8.11. The maximum absolute atomic E-state index is 6.03. The third-order valence-electron chi connectivity index (χ3n) is 2.37. The van der Waals surface area contributed by atoms with Crippen LogP contribution in [0, 0.1) is 0 Å². The number of nitrogens with zero attached hydrogens (tertiary/aromatic N) is 2. The van der Waals surface area contributed by atoms with Crippen LogP contribution >= 0.6 is 11.6 Å². The summed E-state index contributed by atoms with van der Waals surface area (Å²) in [5, 5.41) is 0.708. The second-order valence-electron chi connectivity index (χ2n) is 3.61. The van der Waals surface area contributed by atoms with Gasteiger partial charge in [0.1, 0.15) is 5.82 Å². The Balaban J connectivity index is 2.52. The van der Waals surface area contributed by atoms with Crippen LogP contribution in [0.3, 0.4) is 0 Å². The molecule has 0 atom stereocenters. The van der Waals surface area contributed by atoms with E-state index in [9.17, 15) is 0 Å². The van der Waals surface area contributed by atoms with Crippen molar-refractivity contribution >= 4 is 11.6 Å². The molecule has 0 saturated heterocycles. The van der Waals surface area contributed by atoms with Gasteiger partial charge in [0.2, 0.25) is 0 Å². The van der Waals surface area contributed by atoms with Crippen LogP contribution in [0.1, 0.15) is 37.7 Å². The van der Waals surface area contributed by atoms with Gasteiger partial charge >= 0.3 is 0 Å². The summed E-state index contributed by atoms with van der Waals surface area (Å²) in [4.78, 5) is 4.34. The first-order valence-corrected chi connectivity index (χ1v) is 4.82.